The molecule has 1 aromatic heterocycles. The van der Waals surface area contributed by atoms with Crippen molar-refractivity contribution >= 4 is 34.1 Å². The number of aromatic nitrogens is 1. The molecule has 2 aromatic rings. The first kappa shape index (κ1) is 10.3. The van der Waals surface area contributed by atoms with Crippen LogP contribution in [0.15, 0.2) is 6.07 Å². The predicted octanol–water partition coefficient (Wildman–Crippen LogP) is 2.83. The molecule has 84 valence electrons. The Labute approximate surface area is 102 Å². The number of fused-ring (bicyclic) bond motifs is 3. The van der Waals surface area contributed by atoms with Gasteiger partial charge >= 0.3 is 0 Å². The first-order valence-corrected chi connectivity index (χ1v) is 5.85. The van der Waals surface area contributed by atoms with Crippen molar-refractivity contribution in [3.8, 4) is 5.75 Å². The number of aromatic amines is 1. The van der Waals surface area contributed by atoms with Crippen molar-refractivity contribution in [2.75, 3.05) is 6.54 Å². The average molecular weight is 257 g/mol. The van der Waals surface area contributed by atoms with Gasteiger partial charge in [-0.2, -0.15) is 0 Å². The number of nitrogens with one attached hydrogen (secondary N) is 2. The summed E-state index contributed by atoms with van der Waals surface area (Å²) in [6, 6.07) is 1.49. The Hall–Kier alpha value is -0.900. The van der Waals surface area contributed by atoms with Crippen LogP contribution >= 0.6 is 23.2 Å². The SMILES string of the molecule is Oc1cc(Cl)c(Cl)c2[nH]c3c(c12)CNCC3. The molecular formula is C11H10Cl2N2O. The summed E-state index contributed by atoms with van der Waals surface area (Å²) in [5.74, 6) is 0.186. The van der Waals surface area contributed by atoms with Crippen molar-refractivity contribution in [2.45, 2.75) is 13.0 Å². The second kappa shape index (κ2) is 3.55. The highest BCUT2D eigenvalue weighted by Crippen LogP contribution is 2.40. The summed E-state index contributed by atoms with van der Waals surface area (Å²) in [5.41, 5.74) is 2.96. The van der Waals surface area contributed by atoms with Crippen molar-refractivity contribution in [3.05, 3.63) is 27.4 Å². The summed E-state index contributed by atoms with van der Waals surface area (Å²) >= 11 is 12.1. The lowest BCUT2D eigenvalue weighted by molar-refractivity contribution is 0.481. The zero-order valence-corrected chi connectivity index (χ0v) is 9.91. The summed E-state index contributed by atoms with van der Waals surface area (Å²) in [6.45, 7) is 1.69. The Morgan fingerprint density at radius 3 is 2.94 bits per heavy atom. The van der Waals surface area contributed by atoms with Crippen LogP contribution in [0.4, 0.5) is 0 Å². The Balaban J connectivity index is 2.42. The van der Waals surface area contributed by atoms with E-state index in [4.69, 9.17) is 23.2 Å². The molecule has 0 amide bonds. The number of aromatic hydroxyl groups is 1. The molecule has 0 atom stereocenters. The largest absolute Gasteiger partial charge is 0.507 e. The summed E-state index contributed by atoms with van der Waals surface area (Å²) in [5, 5.41) is 14.8. The quantitative estimate of drug-likeness (QED) is 0.679. The smallest absolute Gasteiger partial charge is 0.126 e. The maximum Gasteiger partial charge on any atom is 0.126 e. The topological polar surface area (TPSA) is 48.0 Å². The number of hydrogen-bond acceptors (Lipinski definition) is 2. The zero-order chi connectivity index (χ0) is 11.3. The van der Waals surface area contributed by atoms with E-state index in [1.54, 1.807) is 0 Å². The molecule has 16 heavy (non-hydrogen) atoms. The second-order valence-electron chi connectivity index (χ2n) is 3.95. The summed E-state index contributed by atoms with van der Waals surface area (Å²) < 4.78 is 0. The van der Waals surface area contributed by atoms with Gasteiger partial charge in [-0.15, -0.1) is 0 Å². The van der Waals surface area contributed by atoms with Gasteiger partial charge in [0, 0.05) is 36.7 Å². The standard InChI is InChI=1S/C11H10Cl2N2O/c12-6-3-8(16)9-5-4-14-2-1-7(5)15-11(9)10(6)13/h3,14-16H,1-2,4H2. The normalized spacial score (nSPS) is 15.4. The van der Waals surface area contributed by atoms with Gasteiger partial charge in [0.1, 0.15) is 5.75 Å². The van der Waals surface area contributed by atoms with E-state index in [2.05, 4.69) is 10.3 Å². The third-order valence-electron chi connectivity index (χ3n) is 2.99. The number of benzene rings is 1. The second-order valence-corrected chi connectivity index (χ2v) is 4.74. The van der Waals surface area contributed by atoms with Crippen LogP contribution in [0.5, 0.6) is 5.75 Å². The molecular weight excluding hydrogens is 247 g/mol. The molecule has 2 heterocycles. The van der Waals surface area contributed by atoms with Gasteiger partial charge in [0.05, 0.1) is 15.6 Å². The van der Waals surface area contributed by atoms with Crippen molar-refractivity contribution in [3.63, 3.8) is 0 Å². The average Bonchev–Trinajstić information content (AvgIpc) is 2.65. The van der Waals surface area contributed by atoms with Crippen molar-refractivity contribution in [2.24, 2.45) is 0 Å². The third kappa shape index (κ3) is 1.32. The van der Waals surface area contributed by atoms with Gasteiger partial charge in [-0.25, -0.2) is 0 Å². The van der Waals surface area contributed by atoms with Gasteiger partial charge in [0.15, 0.2) is 0 Å². The summed E-state index contributed by atoms with van der Waals surface area (Å²) in [4.78, 5) is 3.25. The van der Waals surface area contributed by atoms with Gasteiger partial charge in [-0.05, 0) is 5.56 Å². The van der Waals surface area contributed by atoms with Crippen molar-refractivity contribution < 1.29 is 5.11 Å². The minimum atomic E-state index is 0.186. The van der Waals surface area contributed by atoms with E-state index in [0.29, 0.717) is 10.0 Å². The van der Waals surface area contributed by atoms with Crippen LogP contribution in [-0.4, -0.2) is 16.6 Å². The molecule has 5 heteroatoms. The Kier molecular flexibility index (Phi) is 2.28. The first-order valence-electron chi connectivity index (χ1n) is 5.09. The highest BCUT2D eigenvalue weighted by Gasteiger charge is 2.20. The lowest BCUT2D eigenvalue weighted by Gasteiger charge is -2.12. The molecule has 0 saturated heterocycles. The zero-order valence-electron chi connectivity index (χ0n) is 8.40. The lowest BCUT2D eigenvalue weighted by atomic mass is 10.1. The number of phenolic OH excluding ortho intramolecular Hbond substituents is 1. The van der Waals surface area contributed by atoms with Crippen LogP contribution in [0.3, 0.4) is 0 Å². The maximum absolute atomic E-state index is 9.93. The Morgan fingerprint density at radius 2 is 2.12 bits per heavy atom. The van der Waals surface area contributed by atoms with Crippen molar-refractivity contribution in [1.29, 1.82) is 0 Å². The van der Waals surface area contributed by atoms with Gasteiger partial charge < -0.3 is 15.4 Å². The van der Waals surface area contributed by atoms with E-state index in [0.717, 1.165) is 41.7 Å². The minimum Gasteiger partial charge on any atom is -0.507 e. The molecule has 3 rings (SSSR count). The fourth-order valence-corrected chi connectivity index (χ4v) is 2.64. The van der Waals surface area contributed by atoms with E-state index in [-0.39, 0.29) is 5.75 Å². The summed E-state index contributed by atoms with van der Waals surface area (Å²) in [7, 11) is 0. The van der Waals surface area contributed by atoms with Crippen LogP contribution in [0.2, 0.25) is 10.0 Å². The molecule has 0 radical (unpaired) electrons. The van der Waals surface area contributed by atoms with Crippen LogP contribution in [0, 0.1) is 0 Å². The van der Waals surface area contributed by atoms with E-state index in [9.17, 15) is 5.11 Å². The van der Waals surface area contributed by atoms with Gasteiger partial charge in [0.25, 0.3) is 0 Å². The number of H-pyrrole nitrogens is 1. The number of phenols is 1. The van der Waals surface area contributed by atoms with E-state index >= 15 is 0 Å². The molecule has 3 N–H and O–H groups in total. The van der Waals surface area contributed by atoms with Crippen LogP contribution in [-0.2, 0) is 13.0 Å². The summed E-state index contributed by atoms with van der Waals surface area (Å²) in [6.07, 6.45) is 0.914. The highest BCUT2D eigenvalue weighted by molar-refractivity contribution is 6.45. The highest BCUT2D eigenvalue weighted by atomic mass is 35.5. The predicted molar refractivity (Wildman–Crippen MR) is 65.4 cm³/mol. The van der Waals surface area contributed by atoms with E-state index in [1.807, 2.05) is 0 Å². The first-order chi connectivity index (χ1) is 7.68. The van der Waals surface area contributed by atoms with Gasteiger partial charge in [-0.3, -0.25) is 0 Å². The number of rotatable bonds is 0. The molecule has 0 fully saturated rings. The minimum absolute atomic E-state index is 0.186. The third-order valence-corrected chi connectivity index (χ3v) is 3.78. The van der Waals surface area contributed by atoms with Gasteiger partial charge in [0.2, 0.25) is 0 Å². The molecule has 3 nitrogen and oxygen atoms in total. The molecule has 0 aliphatic carbocycles. The lowest BCUT2D eigenvalue weighted by Crippen LogP contribution is -2.22. The monoisotopic (exact) mass is 256 g/mol. The van der Waals surface area contributed by atoms with E-state index < -0.39 is 0 Å². The van der Waals surface area contributed by atoms with Gasteiger partial charge in [-0.1, -0.05) is 23.2 Å². The molecule has 1 aliphatic heterocycles. The Bertz CT molecular complexity index is 577. The molecule has 0 bridgehead atoms. The van der Waals surface area contributed by atoms with Crippen molar-refractivity contribution in [1.82, 2.24) is 10.3 Å². The van der Waals surface area contributed by atoms with E-state index in [1.165, 1.54) is 6.07 Å². The molecule has 0 unspecified atom stereocenters. The number of halogens is 2. The van der Waals surface area contributed by atoms with Crippen LogP contribution in [0.25, 0.3) is 10.9 Å². The molecule has 0 saturated carbocycles. The fraction of sp³-hybridized carbons (Fsp3) is 0.273. The fourth-order valence-electron chi connectivity index (χ4n) is 2.25. The number of hydrogen-bond donors (Lipinski definition) is 3. The maximum atomic E-state index is 9.93. The Morgan fingerprint density at radius 1 is 1.31 bits per heavy atom. The van der Waals surface area contributed by atoms with Crippen LogP contribution in [0.1, 0.15) is 11.3 Å². The molecule has 1 aromatic carbocycles. The molecule has 1 aliphatic rings. The van der Waals surface area contributed by atoms with Crippen LogP contribution < -0.4 is 5.32 Å². The molecule has 0 spiro atoms.